The quantitative estimate of drug-likeness (QED) is 0.324. The molecule has 3 aromatic rings. The Labute approximate surface area is 176 Å². The summed E-state index contributed by atoms with van der Waals surface area (Å²) in [7, 11) is 1.58. The van der Waals surface area contributed by atoms with Gasteiger partial charge >= 0.3 is 0 Å². The molecule has 0 radical (unpaired) electrons. The standard InChI is InChI=1S/C20H16Cl2N2O3S/c1-27-17-7-5-13(6-8-17)19(28-18-4-2-3-9-24(18)26)20(25)23-16-11-14(21)10-15(22)12-16/h2-12,19H,1H3,(H-,23,25,26)/p+1. The van der Waals surface area contributed by atoms with Crippen LogP contribution in [-0.2, 0) is 4.79 Å². The van der Waals surface area contributed by atoms with E-state index in [1.807, 2.05) is 12.1 Å². The van der Waals surface area contributed by atoms with Crippen LogP contribution < -0.4 is 14.8 Å². The number of carbonyl (C=O) groups is 1. The lowest BCUT2D eigenvalue weighted by Crippen LogP contribution is -2.32. The third-order valence-electron chi connectivity index (χ3n) is 3.83. The van der Waals surface area contributed by atoms with Gasteiger partial charge in [-0.15, -0.1) is 0 Å². The van der Waals surface area contributed by atoms with Gasteiger partial charge in [0.15, 0.2) is 0 Å². The normalized spacial score (nSPS) is 11.7. The number of carbonyl (C=O) groups excluding carboxylic acids is 1. The van der Waals surface area contributed by atoms with Crippen molar-refractivity contribution in [2.24, 2.45) is 0 Å². The summed E-state index contributed by atoms with van der Waals surface area (Å²) in [6, 6.07) is 17.2. The van der Waals surface area contributed by atoms with Crippen molar-refractivity contribution in [3.05, 3.63) is 82.5 Å². The van der Waals surface area contributed by atoms with E-state index in [-0.39, 0.29) is 5.91 Å². The van der Waals surface area contributed by atoms with Crippen LogP contribution in [0.15, 0.2) is 71.9 Å². The molecule has 3 rings (SSSR count). The molecule has 0 saturated heterocycles. The number of halogens is 2. The molecule has 1 atom stereocenters. The van der Waals surface area contributed by atoms with Crippen molar-refractivity contribution in [3.63, 3.8) is 0 Å². The van der Waals surface area contributed by atoms with Crippen molar-refractivity contribution < 1.29 is 19.5 Å². The van der Waals surface area contributed by atoms with Gasteiger partial charge in [0.2, 0.25) is 12.1 Å². The lowest BCUT2D eigenvalue weighted by Gasteiger charge is -2.16. The van der Waals surface area contributed by atoms with E-state index in [1.54, 1.807) is 55.6 Å². The van der Waals surface area contributed by atoms with E-state index in [0.717, 1.165) is 10.3 Å². The highest BCUT2D eigenvalue weighted by Crippen LogP contribution is 2.35. The number of benzene rings is 2. The molecule has 1 aromatic heterocycles. The van der Waals surface area contributed by atoms with Gasteiger partial charge in [-0.1, -0.05) is 35.3 Å². The lowest BCUT2D eigenvalue weighted by atomic mass is 10.1. The first kappa shape index (κ1) is 20.3. The zero-order valence-corrected chi connectivity index (χ0v) is 17.1. The van der Waals surface area contributed by atoms with Gasteiger partial charge in [-0.25, -0.2) is 0 Å². The van der Waals surface area contributed by atoms with Gasteiger partial charge in [0.1, 0.15) is 11.0 Å². The number of pyridine rings is 1. The Bertz CT molecular complexity index is 963. The van der Waals surface area contributed by atoms with Crippen LogP contribution >= 0.6 is 35.0 Å². The van der Waals surface area contributed by atoms with Crippen molar-refractivity contribution in [2.45, 2.75) is 10.3 Å². The van der Waals surface area contributed by atoms with Crippen molar-refractivity contribution >= 4 is 46.6 Å². The minimum absolute atomic E-state index is 0.280. The Kier molecular flexibility index (Phi) is 6.67. The summed E-state index contributed by atoms with van der Waals surface area (Å²) in [6.45, 7) is 0. The Balaban J connectivity index is 1.92. The van der Waals surface area contributed by atoms with Gasteiger partial charge in [-0.05, 0) is 53.7 Å². The van der Waals surface area contributed by atoms with Crippen molar-refractivity contribution in [1.29, 1.82) is 0 Å². The first-order valence-electron chi connectivity index (χ1n) is 8.24. The third kappa shape index (κ3) is 5.10. The van der Waals surface area contributed by atoms with Crippen molar-refractivity contribution in [1.82, 2.24) is 0 Å². The predicted molar refractivity (Wildman–Crippen MR) is 111 cm³/mol. The van der Waals surface area contributed by atoms with E-state index in [4.69, 9.17) is 27.9 Å². The van der Waals surface area contributed by atoms with Crippen LogP contribution in [0.4, 0.5) is 5.69 Å². The molecule has 0 aliphatic carbocycles. The molecule has 2 aromatic carbocycles. The summed E-state index contributed by atoms with van der Waals surface area (Å²) in [6.07, 6.45) is 1.50. The number of methoxy groups -OCH3 is 1. The third-order valence-corrected chi connectivity index (χ3v) is 5.55. The number of anilines is 1. The molecule has 5 nitrogen and oxygen atoms in total. The largest absolute Gasteiger partial charge is 0.497 e. The first-order valence-corrected chi connectivity index (χ1v) is 9.87. The average Bonchev–Trinajstić information content (AvgIpc) is 2.66. The molecule has 0 fully saturated rings. The first-order chi connectivity index (χ1) is 13.5. The molecule has 1 amide bonds. The highest BCUT2D eigenvalue weighted by Gasteiger charge is 2.27. The molecule has 0 aliphatic rings. The summed E-state index contributed by atoms with van der Waals surface area (Å²) in [5.74, 6) is 0.406. The minimum Gasteiger partial charge on any atom is -0.497 e. The lowest BCUT2D eigenvalue weighted by molar-refractivity contribution is -0.932. The summed E-state index contributed by atoms with van der Waals surface area (Å²) in [4.78, 5) is 13.1. The Morgan fingerprint density at radius 1 is 1.11 bits per heavy atom. The van der Waals surface area contributed by atoms with Gasteiger partial charge in [0.05, 0.1) is 7.11 Å². The molecular weight excluding hydrogens is 419 g/mol. The number of nitrogens with one attached hydrogen (secondary N) is 1. The van der Waals surface area contributed by atoms with E-state index in [9.17, 15) is 10.0 Å². The molecule has 28 heavy (non-hydrogen) atoms. The van der Waals surface area contributed by atoms with Gasteiger partial charge < -0.3 is 10.1 Å². The molecule has 8 heteroatoms. The molecule has 0 bridgehead atoms. The number of aromatic nitrogens is 1. The van der Waals surface area contributed by atoms with E-state index in [1.165, 1.54) is 18.0 Å². The van der Waals surface area contributed by atoms with Crippen LogP contribution in [0.3, 0.4) is 0 Å². The Morgan fingerprint density at radius 2 is 1.79 bits per heavy atom. The van der Waals surface area contributed by atoms with Gasteiger partial charge in [0.25, 0.3) is 5.03 Å². The van der Waals surface area contributed by atoms with Crippen LogP contribution in [0.2, 0.25) is 10.0 Å². The number of rotatable bonds is 6. The monoisotopic (exact) mass is 435 g/mol. The highest BCUT2D eigenvalue weighted by molar-refractivity contribution is 8.00. The molecule has 1 unspecified atom stereocenters. The fourth-order valence-corrected chi connectivity index (χ4v) is 4.07. The second kappa shape index (κ2) is 9.19. The van der Waals surface area contributed by atoms with Crippen LogP contribution in [0.5, 0.6) is 5.75 Å². The molecule has 0 saturated carbocycles. The van der Waals surface area contributed by atoms with Crippen LogP contribution in [0.1, 0.15) is 10.8 Å². The fourth-order valence-electron chi connectivity index (χ4n) is 2.52. The summed E-state index contributed by atoms with van der Waals surface area (Å²) >= 11 is 13.3. The second-order valence-electron chi connectivity index (χ2n) is 5.80. The number of nitrogens with zero attached hydrogens (tertiary/aromatic N) is 1. The maximum atomic E-state index is 13.1. The number of thioether (sulfide) groups is 1. The summed E-state index contributed by atoms with van der Waals surface area (Å²) in [5.41, 5.74) is 1.24. The smallest absolute Gasteiger partial charge is 0.292 e. The van der Waals surface area contributed by atoms with E-state index >= 15 is 0 Å². The zero-order chi connectivity index (χ0) is 20.1. The fraction of sp³-hybridized carbons (Fsp3) is 0.100. The van der Waals surface area contributed by atoms with E-state index in [2.05, 4.69) is 5.32 Å². The van der Waals surface area contributed by atoms with Gasteiger partial charge in [-0.2, -0.15) is 0 Å². The van der Waals surface area contributed by atoms with E-state index in [0.29, 0.717) is 26.5 Å². The molecule has 2 N–H and O–H groups in total. The Hall–Kier alpha value is -2.41. The van der Waals surface area contributed by atoms with Crippen LogP contribution in [0, 0.1) is 0 Å². The number of hydrogen-bond acceptors (Lipinski definition) is 4. The maximum absolute atomic E-state index is 13.1. The van der Waals surface area contributed by atoms with Crippen molar-refractivity contribution in [3.8, 4) is 5.75 Å². The van der Waals surface area contributed by atoms with Crippen molar-refractivity contribution in [2.75, 3.05) is 12.4 Å². The maximum Gasteiger partial charge on any atom is 0.292 e. The molecular formula is C20H17Cl2N2O3S+. The van der Waals surface area contributed by atoms with Gasteiger partial charge in [-0.3, -0.25) is 10.0 Å². The molecule has 144 valence electrons. The number of amides is 1. The summed E-state index contributed by atoms with van der Waals surface area (Å²) in [5, 5.41) is 13.6. The van der Waals surface area contributed by atoms with E-state index < -0.39 is 5.25 Å². The van der Waals surface area contributed by atoms with Gasteiger partial charge in [0, 0.05) is 32.6 Å². The molecule has 0 aliphatic heterocycles. The van der Waals surface area contributed by atoms with Crippen LogP contribution in [-0.4, -0.2) is 18.2 Å². The number of hydrogen-bond donors (Lipinski definition) is 2. The van der Waals surface area contributed by atoms with Crippen LogP contribution in [0.25, 0.3) is 0 Å². The highest BCUT2D eigenvalue weighted by atomic mass is 35.5. The molecule has 0 spiro atoms. The topological polar surface area (TPSA) is 62.4 Å². The zero-order valence-electron chi connectivity index (χ0n) is 14.8. The summed E-state index contributed by atoms with van der Waals surface area (Å²) < 4.78 is 6.16. The predicted octanol–water partition coefficient (Wildman–Crippen LogP) is 5.00. The SMILES string of the molecule is COc1ccc(C(Sc2cccc[n+]2O)C(=O)Nc2cc(Cl)cc(Cl)c2)cc1. The number of ether oxygens (including phenoxy) is 1. The average molecular weight is 436 g/mol. The molecule has 1 heterocycles. The minimum atomic E-state index is -0.635. The Morgan fingerprint density at radius 3 is 2.39 bits per heavy atom. The second-order valence-corrected chi connectivity index (χ2v) is 7.80.